The van der Waals surface area contributed by atoms with Gasteiger partial charge in [0.1, 0.15) is 12.2 Å². The second-order valence-corrected chi connectivity index (χ2v) is 14.2. The lowest BCUT2D eigenvalue weighted by Crippen LogP contribution is -2.62. The number of aliphatic carboxylic acids is 1. The molecule has 10 nitrogen and oxygen atoms in total. The van der Waals surface area contributed by atoms with Crippen molar-refractivity contribution in [2.24, 2.45) is 34.5 Å². The lowest BCUT2D eigenvalue weighted by atomic mass is 9.45. The van der Waals surface area contributed by atoms with Crippen LogP contribution in [0.2, 0.25) is 0 Å². The molecule has 226 valence electrons. The van der Waals surface area contributed by atoms with E-state index in [0.717, 1.165) is 31.3 Å². The summed E-state index contributed by atoms with van der Waals surface area (Å²) in [5.74, 6) is -1.56. The van der Waals surface area contributed by atoms with Gasteiger partial charge in [0.05, 0.1) is 6.10 Å². The molecule has 5 N–H and O–H groups in total. The van der Waals surface area contributed by atoms with Gasteiger partial charge in [0.25, 0.3) is 10.1 Å². The molecule has 4 aliphatic carbocycles. The summed E-state index contributed by atoms with van der Waals surface area (Å²) in [5, 5.41) is 38.7. The van der Waals surface area contributed by atoms with Gasteiger partial charge >= 0.3 is 5.97 Å². The monoisotopic (exact) mass is 584 g/mol. The number of unbranched alkanes of at least 4 members (excludes halogenated alkanes) is 2. The third-order valence-corrected chi connectivity index (χ3v) is 11.4. The standard InChI is InChI=1S/C22H30O5.C7H14O5S/c1-12-8-14-15-5-7-22(27,18(26)11-23)21(15,3)10-17(25)19(14)20(2)6-4-13(24)9-16(12)20;1-2-3-4-5-6(7(8)9)13(10,11)12/h4,6,9,12,14-15,17,19,23,25,27H,5,7-8,10-11H2,1-3H3;6H,2-5H2,1H3,(H,8,9)(H,10,11,12)/t12-,14-,15-,17-,19+,20-,21-,22-;/m0./s1. The minimum atomic E-state index is -4.44. The number of aliphatic hydroxyl groups excluding tert-OH is 2. The number of carbonyl (C=O) groups excluding carboxylic acids is 2. The Balaban J connectivity index is 0.000000289. The molecule has 1 unspecified atom stereocenters. The number of carbonyl (C=O) groups is 3. The molecule has 0 aliphatic heterocycles. The Labute approximate surface area is 236 Å². The van der Waals surface area contributed by atoms with Crippen molar-refractivity contribution in [1.82, 2.24) is 0 Å². The second kappa shape index (κ2) is 11.8. The fourth-order valence-corrected chi connectivity index (χ4v) is 9.04. The van der Waals surface area contributed by atoms with E-state index >= 15 is 0 Å². The maximum absolute atomic E-state index is 12.4. The molecule has 0 saturated heterocycles. The second-order valence-electron chi connectivity index (χ2n) is 12.6. The maximum atomic E-state index is 12.4. The summed E-state index contributed by atoms with van der Waals surface area (Å²) in [4.78, 5) is 34.8. The van der Waals surface area contributed by atoms with Crippen molar-refractivity contribution in [3.8, 4) is 0 Å². The van der Waals surface area contributed by atoms with Crippen LogP contribution in [0.1, 0.15) is 79.1 Å². The number of Topliss-reactive ketones (excluding diaryl/α,β-unsaturated/α-hetero) is 1. The molecule has 4 rings (SSSR count). The SMILES string of the molecule is CCCCCC(C(=O)O)S(=O)(=O)O.C[C@H]1C[C@@H]2[C@H]([C@@H](O)C[C@@]3(C)[C@H]2CC[C@]3(O)C(=O)CO)[C@@]2(C)C=CC(=O)C=C12. The topological polar surface area (TPSA) is 186 Å². The number of hydrogen-bond donors (Lipinski definition) is 5. The van der Waals surface area contributed by atoms with Gasteiger partial charge in [-0.15, -0.1) is 0 Å². The normalized spacial score (nSPS) is 39.1. The van der Waals surface area contributed by atoms with Gasteiger partial charge in [-0.1, -0.05) is 58.6 Å². The third kappa shape index (κ3) is 5.60. The lowest BCUT2D eigenvalue weighted by Gasteiger charge is -2.60. The zero-order valence-electron chi connectivity index (χ0n) is 23.7. The number of rotatable bonds is 8. The molecule has 11 heteroatoms. The van der Waals surface area contributed by atoms with Gasteiger partial charge in [-0.3, -0.25) is 18.9 Å². The Kier molecular flexibility index (Phi) is 9.58. The molecular formula is C29H44O10S. The molecule has 0 aromatic carbocycles. The van der Waals surface area contributed by atoms with E-state index in [1.165, 1.54) is 0 Å². The van der Waals surface area contributed by atoms with Crippen LogP contribution in [0.3, 0.4) is 0 Å². The highest BCUT2D eigenvalue weighted by molar-refractivity contribution is 7.87. The molecule has 0 aromatic rings. The van der Waals surface area contributed by atoms with Crippen molar-refractivity contribution in [2.75, 3.05) is 6.61 Å². The summed E-state index contributed by atoms with van der Waals surface area (Å²) in [6, 6.07) is 0. The van der Waals surface area contributed by atoms with Crippen molar-refractivity contribution in [3.63, 3.8) is 0 Å². The number of carboxylic acids is 1. The Morgan fingerprint density at radius 1 is 1.20 bits per heavy atom. The first-order chi connectivity index (χ1) is 18.5. The number of fused-ring (bicyclic) bond motifs is 5. The van der Waals surface area contributed by atoms with Crippen LogP contribution in [0.25, 0.3) is 0 Å². The Hall–Kier alpha value is -1.92. The van der Waals surface area contributed by atoms with Crippen LogP contribution in [0, 0.1) is 34.5 Å². The number of ketones is 2. The minimum Gasteiger partial charge on any atom is -0.480 e. The molecule has 0 radical (unpaired) electrons. The average Bonchev–Trinajstić information content (AvgIpc) is 3.12. The Morgan fingerprint density at radius 2 is 1.85 bits per heavy atom. The van der Waals surface area contributed by atoms with Crippen LogP contribution < -0.4 is 0 Å². The van der Waals surface area contributed by atoms with E-state index in [4.69, 9.17) is 9.66 Å². The highest BCUT2D eigenvalue weighted by atomic mass is 32.2. The summed E-state index contributed by atoms with van der Waals surface area (Å²) >= 11 is 0. The molecule has 0 heterocycles. The van der Waals surface area contributed by atoms with Crippen molar-refractivity contribution in [2.45, 2.75) is 96.0 Å². The fraction of sp³-hybridized carbons (Fsp3) is 0.759. The largest absolute Gasteiger partial charge is 0.480 e. The van der Waals surface area contributed by atoms with E-state index in [9.17, 15) is 38.1 Å². The van der Waals surface area contributed by atoms with Gasteiger partial charge in [0, 0.05) is 16.7 Å². The van der Waals surface area contributed by atoms with Crippen LogP contribution in [-0.4, -0.2) is 74.5 Å². The van der Waals surface area contributed by atoms with Crippen molar-refractivity contribution in [3.05, 3.63) is 23.8 Å². The van der Waals surface area contributed by atoms with E-state index in [1.54, 1.807) is 12.2 Å². The average molecular weight is 585 g/mol. The van der Waals surface area contributed by atoms with E-state index < -0.39 is 50.8 Å². The van der Waals surface area contributed by atoms with E-state index in [0.29, 0.717) is 19.3 Å². The Morgan fingerprint density at radius 3 is 2.40 bits per heavy atom. The van der Waals surface area contributed by atoms with Crippen molar-refractivity contribution < 1.29 is 47.8 Å². The van der Waals surface area contributed by atoms with Crippen LogP contribution in [0.15, 0.2) is 23.8 Å². The zero-order chi connectivity index (χ0) is 30.3. The van der Waals surface area contributed by atoms with Gasteiger partial charge in [-0.25, -0.2) is 0 Å². The quantitative estimate of drug-likeness (QED) is 0.210. The number of aliphatic hydroxyl groups is 3. The molecule has 0 bridgehead atoms. The molecule has 0 spiro atoms. The summed E-state index contributed by atoms with van der Waals surface area (Å²) in [5.41, 5.74) is -1.59. The number of allylic oxidation sites excluding steroid dienone is 4. The molecule has 0 aromatic heterocycles. The highest BCUT2D eigenvalue weighted by Crippen LogP contribution is 2.67. The van der Waals surface area contributed by atoms with Gasteiger partial charge < -0.3 is 20.4 Å². The third-order valence-electron chi connectivity index (χ3n) is 10.3. The van der Waals surface area contributed by atoms with E-state index in [2.05, 4.69) is 13.8 Å². The molecule has 40 heavy (non-hydrogen) atoms. The maximum Gasteiger partial charge on any atom is 0.324 e. The first kappa shape index (κ1) is 32.6. The van der Waals surface area contributed by atoms with Crippen molar-refractivity contribution >= 4 is 27.7 Å². The first-order valence-corrected chi connectivity index (χ1v) is 15.7. The van der Waals surface area contributed by atoms with E-state index in [-0.39, 0.29) is 41.3 Å². The summed E-state index contributed by atoms with van der Waals surface area (Å²) in [7, 11) is -4.44. The lowest BCUT2D eigenvalue weighted by molar-refractivity contribution is -0.180. The predicted octanol–water partition coefficient (Wildman–Crippen LogP) is 2.71. The van der Waals surface area contributed by atoms with Gasteiger partial charge in [0.15, 0.2) is 16.8 Å². The summed E-state index contributed by atoms with van der Waals surface area (Å²) in [6.07, 6.45) is 8.97. The van der Waals surface area contributed by atoms with Gasteiger partial charge in [0.2, 0.25) is 0 Å². The van der Waals surface area contributed by atoms with Gasteiger partial charge in [-0.05, 0) is 62.0 Å². The highest BCUT2D eigenvalue weighted by Gasteiger charge is 2.68. The van der Waals surface area contributed by atoms with Crippen LogP contribution in [-0.2, 0) is 24.5 Å². The van der Waals surface area contributed by atoms with Gasteiger partial charge in [-0.2, -0.15) is 8.42 Å². The van der Waals surface area contributed by atoms with Crippen molar-refractivity contribution in [1.29, 1.82) is 0 Å². The number of carboxylic acid groups (broad SMARTS) is 1. The predicted molar refractivity (Wildman–Crippen MR) is 147 cm³/mol. The minimum absolute atomic E-state index is 0.00620. The fourth-order valence-electron chi connectivity index (χ4n) is 8.32. The van der Waals surface area contributed by atoms with Crippen LogP contribution in [0.4, 0.5) is 0 Å². The summed E-state index contributed by atoms with van der Waals surface area (Å²) < 4.78 is 29.6. The molecule has 0 amide bonds. The van der Waals surface area contributed by atoms with E-state index in [1.807, 2.05) is 19.9 Å². The summed E-state index contributed by atoms with van der Waals surface area (Å²) in [6.45, 7) is 7.40. The molecule has 3 saturated carbocycles. The smallest absolute Gasteiger partial charge is 0.324 e. The molecule has 3 fully saturated rings. The Bertz CT molecular complexity index is 1180. The first-order valence-electron chi connectivity index (χ1n) is 14.2. The number of hydrogen-bond acceptors (Lipinski definition) is 8. The molecule has 4 aliphatic rings. The zero-order valence-corrected chi connectivity index (χ0v) is 24.6. The molecular weight excluding hydrogens is 540 g/mol. The van der Waals surface area contributed by atoms with Crippen LogP contribution in [0.5, 0.6) is 0 Å². The van der Waals surface area contributed by atoms with Crippen LogP contribution >= 0.6 is 0 Å². The molecule has 9 atom stereocenters.